The normalized spacial score (nSPS) is 13.6. The summed E-state index contributed by atoms with van der Waals surface area (Å²) < 4.78 is 11.8. The molecular weight excluding hydrogens is 455 g/mol. The molecule has 7 heteroatoms. The van der Waals surface area contributed by atoms with Crippen LogP contribution in [-0.2, 0) is 6.54 Å². The molecule has 0 aliphatic heterocycles. The van der Waals surface area contributed by atoms with Crippen LogP contribution in [0, 0.1) is 0 Å². The van der Waals surface area contributed by atoms with Gasteiger partial charge in [-0.15, -0.1) is 24.0 Å². The van der Waals surface area contributed by atoms with Gasteiger partial charge in [0, 0.05) is 24.8 Å². The smallest absolute Gasteiger partial charge is 0.224 e. The molecule has 0 amide bonds. The molecule has 1 saturated carbocycles. The second-order valence-electron chi connectivity index (χ2n) is 6.38. The average molecular weight is 482 g/mol. The van der Waals surface area contributed by atoms with E-state index in [0.29, 0.717) is 42.5 Å². The average Bonchev–Trinajstić information content (AvgIpc) is 3.51. The third kappa shape index (κ3) is 5.98. The summed E-state index contributed by atoms with van der Waals surface area (Å²) in [4.78, 5) is 10.9. The molecule has 6 nitrogen and oxygen atoms in total. The summed E-state index contributed by atoms with van der Waals surface area (Å²) in [6.07, 6.45) is 5.01. The number of pyridine rings is 1. The molecule has 1 aromatic carbocycles. The van der Waals surface area contributed by atoms with Crippen molar-refractivity contribution < 1.29 is 9.47 Å². The maximum atomic E-state index is 6.08. The van der Waals surface area contributed by atoms with Crippen molar-refractivity contribution in [1.29, 1.82) is 0 Å². The van der Waals surface area contributed by atoms with Gasteiger partial charge in [-0.3, -0.25) is 0 Å². The summed E-state index contributed by atoms with van der Waals surface area (Å²) in [5.74, 6) is 2.43. The van der Waals surface area contributed by atoms with Crippen molar-refractivity contribution in [3.63, 3.8) is 0 Å². The van der Waals surface area contributed by atoms with Gasteiger partial charge < -0.3 is 20.1 Å². The molecule has 1 aliphatic carbocycles. The van der Waals surface area contributed by atoms with Crippen LogP contribution in [0.15, 0.2) is 47.6 Å². The van der Waals surface area contributed by atoms with E-state index < -0.39 is 0 Å². The lowest BCUT2D eigenvalue weighted by molar-refractivity contribution is 0.300. The molecule has 0 unspecified atom stereocenters. The molecule has 0 bridgehead atoms. The molecule has 27 heavy (non-hydrogen) atoms. The summed E-state index contributed by atoms with van der Waals surface area (Å²) >= 11 is 0. The van der Waals surface area contributed by atoms with Crippen molar-refractivity contribution in [1.82, 2.24) is 9.88 Å². The number of rotatable bonds is 8. The lowest BCUT2D eigenvalue weighted by atomic mass is 10.2. The first-order chi connectivity index (χ1) is 12.7. The Kier molecular flexibility index (Phi) is 8.15. The van der Waals surface area contributed by atoms with Crippen molar-refractivity contribution in [2.24, 2.45) is 10.7 Å². The van der Waals surface area contributed by atoms with Crippen LogP contribution < -0.4 is 15.2 Å². The molecule has 0 saturated heterocycles. The Hall–Kier alpha value is -2.03. The van der Waals surface area contributed by atoms with Crippen molar-refractivity contribution in [2.75, 3.05) is 13.7 Å². The number of nitrogens with two attached hydrogens (primary N) is 1. The van der Waals surface area contributed by atoms with Crippen molar-refractivity contribution in [3.05, 3.63) is 48.2 Å². The van der Waals surface area contributed by atoms with Gasteiger partial charge in [-0.2, -0.15) is 0 Å². The van der Waals surface area contributed by atoms with Gasteiger partial charge in [0.2, 0.25) is 5.88 Å². The maximum Gasteiger partial charge on any atom is 0.224 e. The molecule has 146 valence electrons. The second kappa shape index (κ2) is 10.3. The van der Waals surface area contributed by atoms with Crippen LogP contribution >= 0.6 is 24.0 Å². The zero-order valence-corrected chi connectivity index (χ0v) is 18.1. The number of hydrogen-bond donors (Lipinski definition) is 1. The number of ether oxygens (including phenoxy) is 2. The first-order valence-electron chi connectivity index (χ1n) is 9.05. The Balaban J connectivity index is 0.00000261. The van der Waals surface area contributed by atoms with Crippen molar-refractivity contribution in [2.45, 2.75) is 38.8 Å². The summed E-state index contributed by atoms with van der Waals surface area (Å²) in [7, 11) is 1.98. The fourth-order valence-corrected chi connectivity index (χ4v) is 2.53. The van der Waals surface area contributed by atoms with Crippen LogP contribution in [0.1, 0.15) is 31.7 Å². The summed E-state index contributed by atoms with van der Waals surface area (Å²) in [5, 5.41) is 0. The second-order valence-corrected chi connectivity index (χ2v) is 6.38. The first-order valence-corrected chi connectivity index (χ1v) is 9.05. The van der Waals surface area contributed by atoms with E-state index in [-0.39, 0.29) is 24.0 Å². The SMILES string of the molecule is CCCOc1ccccc1Oc1ncccc1CN=C(N)N(C)C1CC1.I. The van der Waals surface area contributed by atoms with E-state index >= 15 is 0 Å². The topological polar surface area (TPSA) is 73.0 Å². The minimum absolute atomic E-state index is 0. The van der Waals surface area contributed by atoms with E-state index in [9.17, 15) is 0 Å². The highest BCUT2D eigenvalue weighted by atomic mass is 127. The van der Waals surface area contributed by atoms with Crippen LogP contribution in [0.3, 0.4) is 0 Å². The van der Waals surface area contributed by atoms with Gasteiger partial charge in [0.05, 0.1) is 13.2 Å². The quantitative estimate of drug-likeness (QED) is 0.347. The van der Waals surface area contributed by atoms with Gasteiger partial charge in [0.15, 0.2) is 17.5 Å². The highest BCUT2D eigenvalue weighted by Crippen LogP contribution is 2.32. The number of nitrogens with zero attached hydrogens (tertiary/aromatic N) is 3. The summed E-state index contributed by atoms with van der Waals surface area (Å²) in [6.45, 7) is 3.13. The third-order valence-corrected chi connectivity index (χ3v) is 4.23. The minimum Gasteiger partial charge on any atom is -0.490 e. The number of halogens is 1. The summed E-state index contributed by atoms with van der Waals surface area (Å²) in [5.41, 5.74) is 6.96. The maximum absolute atomic E-state index is 6.08. The minimum atomic E-state index is 0. The van der Waals surface area contributed by atoms with Crippen molar-refractivity contribution in [3.8, 4) is 17.4 Å². The molecule has 0 radical (unpaired) electrons. The molecule has 1 fully saturated rings. The number of aromatic nitrogens is 1. The van der Waals surface area contributed by atoms with Crippen LogP contribution in [-0.4, -0.2) is 35.5 Å². The van der Waals surface area contributed by atoms with Gasteiger partial charge in [-0.05, 0) is 37.5 Å². The van der Waals surface area contributed by atoms with E-state index in [4.69, 9.17) is 15.2 Å². The van der Waals surface area contributed by atoms with E-state index in [1.165, 1.54) is 12.8 Å². The van der Waals surface area contributed by atoms with E-state index in [1.54, 1.807) is 6.20 Å². The van der Waals surface area contributed by atoms with Crippen LogP contribution in [0.2, 0.25) is 0 Å². The lowest BCUT2D eigenvalue weighted by Gasteiger charge is -2.17. The van der Waals surface area contributed by atoms with Gasteiger partial charge in [0.25, 0.3) is 0 Å². The molecule has 1 aliphatic rings. The van der Waals surface area contributed by atoms with Crippen LogP contribution in [0.25, 0.3) is 0 Å². The monoisotopic (exact) mass is 482 g/mol. The molecule has 0 atom stereocenters. The Labute approximate surface area is 177 Å². The summed E-state index contributed by atoms with van der Waals surface area (Å²) in [6, 6.07) is 12.0. The third-order valence-electron chi connectivity index (χ3n) is 4.23. The zero-order chi connectivity index (χ0) is 18.4. The molecule has 1 heterocycles. The molecule has 3 rings (SSSR count). The number of hydrogen-bond acceptors (Lipinski definition) is 4. The largest absolute Gasteiger partial charge is 0.490 e. The Morgan fingerprint density at radius 3 is 2.67 bits per heavy atom. The number of para-hydroxylation sites is 2. The highest BCUT2D eigenvalue weighted by Gasteiger charge is 2.27. The predicted octanol–water partition coefficient (Wildman–Crippen LogP) is 4.19. The molecular formula is C20H27IN4O2. The van der Waals surface area contributed by atoms with Gasteiger partial charge in [-0.25, -0.2) is 9.98 Å². The van der Waals surface area contributed by atoms with E-state index in [0.717, 1.165) is 12.0 Å². The van der Waals surface area contributed by atoms with Gasteiger partial charge in [0.1, 0.15) is 0 Å². The fraction of sp³-hybridized carbons (Fsp3) is 0.400. The first kappa shape index (κ1) is 21.3. The molecule has 2 N–H and O–H groups in total. The number of benzene rings is 1. The number of guanidine groups is 1. The van der Waals surface area contributed by atoms with Crippen LogP contribution in [0.5, 0.6) is 17.4 Å². The molecule has 1 aromatic heterocycles. The van der Waals surface area contributed by atoms with E-state index in [2.05, 4.69) is 16.9 Å². The molecule has 0 spiro atoms. The standard InChI is InChI=1S/C20H26N4O2.HI/c1-3-13-25-17-8-4-5-9-18(17)26-19-15(7-6-12-22-19)14-23-20(21)24(2)16-10-11-16;/h4-9,12,16H,3,10-11,13-14H2,1-2H3,(H2,21,23);1H. The molecule has 2 aromatic rings. The Morgan fingerprint density at radius 1 is 1.22 bits per heavy atom. The number of aliphatic imine (C=N–C) groups is 1. The van der Waals surface area contributed by atoms with Gasteiger partial charge >= 0.3 is 0 Å². The van der Waals surface area contributed by atoms with Crippen LogP contribution in [0.4, 0.5) is 0 Å². The van der Waals surface area contributed by atoms with Crippen molar-refractivity contribution >= 4 is 29.9 Å². The highest BCUT2D eigenvalue weighted by molar-refractivity contribution is 14.0. The van der Waals surface area contributed by atoms with E-state index in [1.807, 2.05) is 48.3 Å². The Bertz CT molecular complexity index is 765. The zero-order valence-electron chi connectivity index (χ0n) is 15.8. The fourth-order valence-electron chi connectivity index (χ4n) is 2.53. The van der Waals surface area contributed by atoms with Gasteiger partial charge in [-0.1, -0.05) is 25.1 Å². The lowest BCUT2D eigenvalue weighted by Crippen LogP contribution is -2.35. The Morgan fingerprint density at radius 2 is 1.96 bits per heavy atom. The predicted molar refractivity (Wildman–Crippen MR) is 118 cm³/mol.